The molecule has 162 valence electrons. The second-order valence-corrected chi connectivity index (χ2v) is 8.89. The van der Waals surface area contributed by atoms with Crippen LogP contribution in [0.1, 0.15) is 22.5 Å². The lowest BCUT2D eigenvalue weighted by Crippen LogP contribution is -2.20. The molecule has 0 aliphatic carbocycles. The predicted octanol–water partition coefficient (Wildman–Crippen LogP) is 3.53. The third-order valence-electron chi connectivity index (χ3n) is 4.36. The topological polar surface area (TPSA) is 110 Å². The van der Waals surface area contributed by atoms with E-state index in [2.05, 4.69) is 20.0 Å². The normalized spacial score (nSPS) is 11.1. The number of hydrogen-bond donors (Lipinski definition) is 2. The first-order valence-corrected chi connectivity index (χ1v) is 11.1. The number of sulfonamides is 1. The molecule has 2 aromatic carbocycles. The van der Waals surface area contributed by atoms with E-state index in [0.717, 1.165) is 11.1 Å². The fraction of sp³-hybridized carbons (Fsp3) is 0.227. The van der Waals surface area contributed by atoms with Crippen molar-refractivity contribution in [2.45, 2.75) is 32.6 Å². The van der Waals surface area contributed by atoms with Crippen LogP contribution in [0.5, 0.6) is 5.75 Å². The highest BCUT2D eigenvalue weighted by Crippen LogP contribution is 2.20. The smallest absolute Gasteiger partial charge is 0.264 e. The summed E-state index contributed by atoms with van der Waals surface area (Å²) < 4.78 is 33.1. The maximum atomic E-state index is 12.6. The van der Waals surface area contributed by atoms with Crippen LogP contribution in [0.25, 0.3) is 0 Å². The lowest BCUT2D eigenvalue weighted by molar-refractivity contribution is -0.118. The van der Waals surface area contributed by atoms with Crippen molar-refractivity contribution in [3.8, 4) is 5.75 Å². The average Bonchev–Trinajstić information content (AvgIpc) is 2.68. The quantitative estimate of drug-likeness (QED) is 0.582. The molecule has 2 N–H and O–H groups in total. The second-order valence-electron chi connectivity index (χ2n) is 7.21. The molecule has 0 fully saturated rings. The molecule has 1 amide bonds. The monoisotopic (exact) mass is 440 g/mol. The van der Waals surface area contributed by atoms with Crippen LogP contribution >= 0.6 is 0 Å². The Labute approximate surface area is 181 Å². The van der Waals surface area contributed by atoms with E-state index in [0.29, 0.717) is 22.8 Å². The third-order valence-corrected chi connectivity index (χ3v) is 5.70. The van der Waals surface area contributed by atoms with Gasteiger partial charge in [0.15, 0.2) is 6.61 Å². The van der Waals surface area contributed by atoms with Gasteiger partial charge < -0.3 is 10.1 Å². The van der Waals surface area contributed by atoms with Gasteiger partial charge >= 0.3 is 0 Å². The number of rotatable bonds is 7. The number of ether oxygens (including phenoxy) is 1. The molecule has 0 aliphatic heterocycles. The molecule has 0 saturated heterocycles. The van der Waals surface area contributed by atoms with Gasteiger partial charge in [-0.05, 0) is 75.2 Å². The molecule has 0 unspecified atom stereocenters. The lowest BCUT2D eigenvalue weighted by Gasteiger charge is -2.11. The first kappa shape index (κ1) is 22.2. The molecule has 3 aromatic rings. The van der Waals surface area contributed by atoms with Gasteiger partial charge in [0.2, 0.25) is 5.95 Å². The fourth-order valence-corrected chi connectivity index (χ4v) is 3.82. The number of benzene rings is 2. The molecular weight excluding hydrogens is 416 g/mol. The summed E-state index contributed by atoms with van der Waals surface area (Å²) in [5, 5.41) is 2.69. The van der Waals surface area contributed by atoms with E-state index in [1.807, 2.05) is 32.0 Å². The van der Waals surface area contributed by atoms with Crippen LogP contribution in [0.2, 0.25) is 0 Å². The van der Waals surface area contributed by atoms with E-state index >= 15 is 0 Å². The number of nitrogens with zero attached hydrogens (tertiary/aromatic N) is 2. The van der Waals surface area contributed by atoms with Crippen LogP contribution in [0, 0.1) is 27.7 Å². The molecule has 0 atom stereocenters. The van der Waals surface area contributed by atoms with Gasteiger partial charge in [-0.2, -0.15) is 0 Å². The van der Waals surface area contributed by atoms with Crippen molar-refractivity contribution in [2.24, 2.45) is 0 Å². The third kappa shape index (κ3) is 6.02. The summed E-state index contributed by atoms with van der Waals surface area (Å²) in [5.74, 6) is 0.313. The van der Waals surface area contributed by atoms with Crippen LogP contribution in [-0.4, -0.2) is 30.9 Å². The van der Waals surface area contributed by atoms with Gasteiger partial charge in [0.25, 0.3) is 15.9 Å². The van der Waals surface area contributed by atoms with Crippen LogP contribution in [0.4, 0.5) is 11.6 Å². The highest BCUT2D eigenvalue weighted by Gasteiger charge is 2.16. The summed E-state index contributed by atoms with van der Waals surface area (Å²) in [5.41, 5.74) is 3.75. The zero-order valence-corrected chi connectivity index (χ0v) is 18.6. The molecule has 0 radical (unpaired) electrons. The van der Waals surface area contributed by atoms with E-state index in [1.54, 1.807) is 19.9 Å². The van der Waals surface area contributed by atoms with Crippen molar-refractivity contribution >= 4 is 27.6 Å². The van der Waals surface area contributed by atoms with Crippen molar-refractivity contribution in [3.63, 3.8) is 0 Å². The van der Waals surface area contributed by atoms with E-state index < -0.39 is 10.0 Å². The Bertz CT molecular complexity index is 1190. The molecule has 0 spiro atoms. The number of aromatic nitrogens is 2. The number of carbonyl (C=O) groups excluding carboxylic acids is 1. The number of aryl methyl sites for hydroxylation is 4. The summed E-state index contributed by atoms with van der Waals surface area (Å²) in [7, 11) is -3.86. The van der Waals surface area contributed by atoms with Crippen molar-refractivity contribution in [3.05, 3.63) is 71.0 Å². The van der Waals surface area contributed by atoms with Gasteiger partial charge in [-0.3, -0.25) is 4.79 Å². The Morgan fingerprint density at radius 2 is 1.58 bits per heavy atom. The molecule has 0 saturated carbocycles. The summed E-state index contributed by atoms with van der Waals surface area (Å²) in [4.78, 5) is 20.4. The minimum atomic E-state index is -3.86. The molecule has 8 nitrogen and oxygen atoms in total. The van der Waals surface area contributed by atoms with Crippen LogP contribution < -0.4 is 14.8 Å². The summed E-state index contributed by atoms with van der Waals surface area (Å²) >= 11 is 0. The van der Waals surface area contributed by atoms with E-state index in [-0.39, 0.29) is 23.4 Å². The number of amides is 1. The first-order valence-electron chi connectivity index (χ1n) is 9.57. The van der Waals surface area contributed by atoms with Crippen molar-refractivity contribution in [2.75, 3.05) is 16.6 Å². The molecule has 1 heterocycles. The largest absolute Gasteiger partial charge is 0.483 e. The van der Waals surface area contributed by atoms with Gasteiger partial charge in [-0.25, -0.2) is 23.1 Å². The van der Waals surface area contributed by atoms with Gasteiger partial charge in [0.05, 0.1) is 4.90 Å². The SMILES string of the molecule is Cc1ccc(C)c(OCC(=O)Nc2ccc(S(=O)(=O)Nc3nc(C)cc(C)n3)cc2)c1. The Morgan fingerprint density at radius 1 is 0.935 bits per heavy atom. The zero-order valence-electron chi connectivity index (χ0n) is 17.8. The second kappa shape index (κ2) is 9.13. The number of anilines is 2. The predicted molar refractivity (Wildman–Crippen MR) is 119 cm³/mol. The minimum Gasteiger partial charge on any atom is -0.483 e. The van der Waals surface area contributed by atoms with E-state index in [1.165, 1.54) is 24.3 Å². The Morgan fingerprint density at radius 3 is 2.23 bits per heavy atom. The number of nitrogens with one attached hydrogen (secondary N) is 2. The molecule has 1 aromatic heterocycles. The maximum Gasteiger partial charge on any atom is 0.264 e. The van der Waals surface area contributed by atoms with Crippen LogP contribution in [0.3, 0.4) is 0 Å². The van der Waals surface area contributed by atoms with Gasteiger partial charge in [-0.15, -0.1) is 0 Å². The standard InChI is InChI=1S/C22H24N4O4S/c1-14-5-6-15(2)20(11-14)30-13-21(27)25-18-7-9-19(10-8-18)31(28,29)26-22-23-16(3)12-17(4)24-22/h5-12H,13H2,1-4H3,(H,25,27)(H,23,24,26). The minimum absolute atomic E-state index is 0.0125. The van der Waals surface area contributed by atoms with E-state index in [9.17, 15) is 13.2 Å². The Balaban J connectivity index is 1.62. The van der Waals surface area contributed by atoms with Crippen molar-refractivity contribution in [1.82, 2.24) is 9.97 Å². The van der Waals surface area contributed by atoms with Crippen molar-refractivity contribution in [1.29, 1.82) is 0 Å². The molecule has 0 bridgehead atoms. The van der Waals surface area contributed by atoms with Crippen LogP contribution in [-0.2, 0) is 14.8 Å². The zero-order chi connectivity index (χ0) is 22.6. The summed E-state index contributed by atoms with van der Waals surface area (Å²) in [6.45, 7) is 7.21. The Hall–Kier alpha value is -3.46. The highest BCUT2D eigenvalue weighted by atomic mass is 32.2. The van der Waals surface area contributed by atoms with Gasteiger partial charge in [0.1, 0.15) is 5.75 Å². The van der Waals surface area contributed by atoms with Gasteiger partial charge in [-0.1, -0.05) is 12.1 Å². The maximum absolute atomic E-state index is 12.6. The summed E-state index contributed by atoms with van der Waals surface area (Å²) in [6, 6.07) is 13.3. The lowest BCUT2D eigenvalue weighted by atomic mass is 10.1. The Kier molecular flexibility index (Phi) is 6.55. The number of hydrogen-bond acceptors (Lipinski definition) is 6. The highest BCUT2D eigenvalue weighted by molar-refractivity contribution is 7.92. The van der Waals surface area contributed by atoms with E-state index in [4.69, 9.17) is 4.74 Å². The van der Waals surface area contributed by atoms with Gasteiger partial charge in [0, 0.05) is 17.1 Å². The molecule has 0 aliphatic rings. The number of carbonyl (C=O) groups is 1. The first-order chi connectivity index (χ1) is 14.6. The molecular formula is C22H24N4O4S. The van der Waals surface area contributed by atoms with Crippen LogP contribution in [0.15, 0.2) is 53.4 Å². The molecule has 31 heavy (non-hydrogen) atoms. The fourth-order valence-electron chi connectivity index (χ4n) is 2.87. The summed E-state index contributed by atoms with van der Waals surface area (Å²) in [6.07, 6.45) is 0. The average molecular weight is 441 g/mol. The molecule has 3 rings (SSSR count). The molecule has 9 heteroatoms. The van der Waals surface area contributed by atoms with Crippen molar-refractivity contribution < 1.29 is 17.9 Å².